The number of benzene rings is 2. The van der Waals surface area contributed by atoms with Crippen molar-refractivity contribution in [2.75, 3.05) is 45.2 Å². The normalized spacial score (nSPS) is 20.2. The van der Waals surface area contributed by atoms with E-state index in [1.54, 1.807) is 11.1 Å². The van der Waals surface area contributed by atoms with Gasteiger partial charge in [-0.3, -0.25) is 5.32 Å². The molecule has 1 fully saturated rings. The molecule has 0 radical (unpaired) electrons. The monoisotopic (exact) mass is 435 g/mol. The second kappa shape index (κ2) is 8.90. The summed E-state index contributed by atoms with van der Waals surface area (Å²) in [6.07, 6.45) is -0.507. The minimum atomic E-state index is -0.507. The standard InChI is InChI=1S/C21H23Cl2N3O3/c1-25-12-17(16-10-14(22)11-19(23)18(16)13-25)15-4-2-3-5-20(15)24-21(27)29-26-6-8-28-9-7-26/h2-5,10-11,17H,6-9,12-13H2,1H3,(H,24,27). The third-order valence-electron chi connectivity index (χ3n) is 5.25. The number of carbonyl (C=O) groups is 1. The lowest BCUT2D eigenvalue weighted by atomic mass is 9.84. The Morgan fingerprint density at radius 2 is 1.93 bits per heavy atom. The van der Waals surface area contributed by atoms with Crippen LogP contribution in [0.5, 0.6) is 0 Å². The van der Waals surface area contributed by atoms with E-state index in [1.807, 2.05) is 30.3 Å². The van der Waals surface area contributed by atoms with Crippen LogP contribution in [0.15, 0.2) is 36.4 Å². The summed E-state index contributed by atoms with van der Waals surface area (Å²) >= 11 is 12.8. The zero-order valence-electron chi connectivity index (χ0n) is 16.2. The number of halogens is 2. The molecule has 6 nitrogen and oxygen atoms in total. The quantitative estimate of drug-likeness (QED) is 0.775. The highest BCUT2D eigenvalue weighted by Gasteiger charge is 2.29. The van der Waals surface area contributed by atoms with Crippen molar-refractivity contribution in [1.29, 1.82) is 0 Å². The molecule has 8 heteroatoms. The van der Waals surface area contributed by atoms with Gasteiger partial charge in [-0.1, -0.05) is 41.4 Å². The molecule has 0 saturated carbocycles. The Balaban J connectivity index is 1.61. The van der Waals surface area contributed by atoms with Gasteiger partial charge < -0.3 is 14.5 Å². The largest absolute Gasteiger partial charge is 0.430 e. The Morgan fingerprint density at radius 3 is 2.72 bits per heavy atom. The summed E-state index contributed by atoms with van der Waals surface area (Å²) in [5.41, 5.74) is 3.88. The summed E-state index contributed by atoms with van der Waals surface area (Å²) in [7, 11) is 2.06. The van der Waals surface area contributed by atoms with Crippen LogP contribution in [0.2, 0.25) is 10.0 Å². The molecule has 2 aromatic carbocycles. The van der Waals surface area contributed by atoms with Crippen LogP contribution in [0.3, 0.4) is 0 Å². The highest BCUT2D eigenvalue weighted by Crippen LogP contribution is 2.40. The number of hydrogen-bond acceptors (Lipinski definition) is 5. The van der Waals surface area contributed by atoms with Gasteiger partial charge in [-0.2, -0.15) is 0 Å². The van der Waals surface area contributed by atoms with E-state index in [0.29, 0.717) is 42.0 Å². The van der Waals surface area contributed by atoms with Gasteiger partial charge >= 0.3 is 6.09 Å². The number of likely N-dealkylation sites (N-methyl/N-ethyl adjacent to an activating group) is 1. The van der Waals surface area contributed by atoms with Crippen molar-refractivity contribution in [3.63, 3.8) is 0 Å². The first-order valence-corrected chi connectivity index (χ1v) is 10.3. The topological polar surface area (TPSA) is 54.0 Å². The van der Waals surface area contributed by atoms with E-state index in [2.05, 4.69) is 17.3 Å². The summed E-state index contributed by atoms with van der Waals surface area (Å²) in [5, 5.41) is 5.80. The van der Waals surface area contributed by atoms with Gasteiger partial charge in [0.15, 0.2) is 0 Å². The number of morpholine rings is 1. The van der Waals surface area contributed by atoms with Gasteiger partial charge in [-0.05, 0) is 41.9 Å². The summed E-state index contributed by atoms with van der Waals surface area (Å²) < 4.78 is 5.28. The van der Waals surface area contributed by atoms with Crippen LogP contribution in [-0.4, -0.2) is 56.0 Å². The molecule has 0 bridgehead atoms. The van der Waals surface area contributed by atoms with Crippen molar-refractivity contribution in [1.82, 2.24) is 9.96 Å². The maximum Gasteiger partial charge on any atom is 0.430 e. The van der Waals surface area contributed by atoms with Crippen LogP contribution in [0.4, 0.5) is 10.5 Å². The van der Waals surface area contributed by atoms with Crippen molar-refractivity contribution in [2.24, 2.45) is 0 Å². The molecule has 4 rings (SSSR count). The smallest absolute Gasteiger partial charge is 0.379 e. The van der Waals surface area contributed by atoms with E-state index >= 15 is 0 Å². The fraction of sp³-hybridized carbons (Fsp3) is 0.381. The van der Waals surface area contributed by atoms with E-state index in [9.17, 15) is 4.79 Å². The number of amides is 1. The van der Waals surface area contributed by atoms with Gasteiger partial charge in [0.1, 0.15) is 0 Å². The molecule has 0 aliphatic carbocycles. The fourth-order valence-corrected chi connectivity index (χ4v) is 4.48. The van der Waals surface area contributed by atoms with E-state index < -0.39 is 6.09 Å². The molecule has 154 valence electrons. The summed E-state index contributed by atoms with van der Waals surface area (Å²) in [6.45, 7) is 3.78. The first-order chi connectivity index (χ1) is 14.0. The second-order valence-electron chi connectivity index (χ2n) is 7.34. The third-order valence-corrected chi connectivity index (χ3v) is 5.80. The molecule has 2 aliphatic heterocycles. The molecule has 0 spiro atoms. The average molecular weight is 436 g/mol. The number of para-hydroxylation sites is 1. The maximum absolute atomic E-state index is 12.5. The van der Waals surface area contributed by atoms with Crippen LogP contribution in [0.1, 0.15) is 22.6 Å². The molecule has 2 heterocycles. The lowest BCUT2D eigenvalue weighted by Gasteiger charge is -2.34. The average Bonchev–Trinajstić information content (AvgIpc) is 2.69. The molecule has 1 saturated heterocycles. The van der Waals surface area contributed by atoms with Crippen LogP contribution >= 0.6 is 23.2 Å². The number of hydrogen-bond donors (Lipinski definition) is 1. The van der Waals surface area contributed by atoms with Gasteiger partial charge in [0.25, 0.3) is 0 Å². The molecular formula is C21H23Cl2N3O3. The van der Waals surface area contributed by atoms with Crippen LogP contribution in [0, 0.1) is 0 Å². The Bertz CT molecular complexity index is 903. The molecule has 0 aromatic heterocycles. The highest BCUT2D eigenvalue weighted by atomic mass is 35.5. The van der Waals surface area contributed by atoms with Crippen molar-refractivity contribution < 1.29 is 14.4 Å². The molecule has 29 heavy (non-hydrogen) atoms. The number of nitrogens with one attached hydrogen (secondary N) is 1. The fourth-order valence-electron chi connectivity index (χ4n) is 3.91. The predicted molar refractivity (Wildman–Crippen MR) is 114 cm³/mol. The van der Waals surface area contributed by atoms with E-state index in [0.717, 1.165) is 29.8 Å². The Hall–Kier alpha value is -1.83. The van der Waals surface area contributed by atoms with Crippen LogP contribution in [0.25, 0.3) is 0 Å². The SMILES string of the molecule is CN1Cc2c(Cl)cc(Cl)cc2C(c2ccccc2NC(=O)ON2CCOCC2)C1. The maximum atomic E-state index is 12.5. The van der Waals surface area contributed by atoms with Crippen LogP contribution in [-0.2, 0) is 16.1 Å². The minimum absolute atomic E-state index is 0.0276. The number of ether oxygens (including phenoxy) is 1. The van der Waals surface area contributed by atoms with Gasteiger partial charge in [0.2, 0.25) is 0 Å². The Morgan fingerprint density at radius 1 is 1.17 bits per heavy atom. The second-order valence-corrected chi connectivity index (χ2v) is 8.18. The number of anilines is 1. The molecule has 1 unspecified atom stereocenters. The molecule has 2 aromatic rings. The summed E-state index contributed by atoms with van der Waals surface area (Å²) in [4.78, 5) is 20.1. The number of carbonyl (C=O) groups excluding carboxylic acids is 1. The number of fused-ring (bicyclic) bond motifs is 1. The zero-order chi connectivity index (χ0) is 20.4. The van der Waals surface area contributed by atoms with Gasteiger partial charge in [-0.15, -0.1) is 5.06 Å². The molecular weight excluding hydrogens is 413 g/mol. The van der Waals surface area contributed by atoms with Crippen molar-refractivity contribution in [3.05, 3.63) is 63.1 Å². The number of rotatable bonds is 3. The lowest BCUT2D eigenvalue weighted by molar-refractivity contribution is -0.142. The van der Waals surface area contributed by atoms with E-state index in [-0.39, 0.29) is 5.92 Å². The highest BCUT2D eigenvalue weighted by molar-refractivity contribution is 6.35. The molecule has 1 N–H and O–H groups in total. The van der Waals surface area contributed by atoms with E-state index in [1.165, 1.54) is 0 Å². The van der Waals surface area contributed by atoms with Gasteiger partial charge in [0, 0.05) is 34.7 Å². The summed E-state index contributed by atoms with van der Waals surface area (Å²) in [5.74, 6) is 0.0276. The third kappa shape index (κ3) is 4.68. The Kier molecular flexibility index (Phi) is 6.27. The molecule has 2 aliphatic rings. The van der Waals surface area contributed by atoms with Crippen molar-refractivity contribution in [2.45, 2.75) is 12.5 Å². The minimum Gasteiger partial charge on any atom is -0.379 e. The first kappa shape index (κ1) is 20.4. The van der Waals surface area contributed by atoms with Crippen molar-refractivity contribution >= 4 is 35.0 Å². The molecule has 1 atom stereocenters. The van der Waals surface area contributed by atoms with E-state index in [4.69, 9.17) is 32.8 Å². The van der Waals surface area contributed by atoms with Crippen LogP contribution < -0.4 is 5.32 Å². The lowest BCUT2D eigenvalue weighted by Crippen LogP contribution is -2.39. The van der Waals surface area contributed by atoms with Gasteiger partial charge in [0.05, 0.1) is 26.3 Å². The number of hydroxylamine groups is 2. The number of nitrogens with zero attached hydrogens (tertiary/aromatic N) is 2. The molecule has 1 amide bonds. The van der Waals surface area contributed by atoms with Crippen molar-refractivity contribution in [3.8, 4) is 0 Å². The zero-order valence-corrected chi connectivity index (χ0v) is 17.7. The summed E-state index contributed by atoms with van der Waals surface area (Å²) in [6, 6.07) is 11.5. The Labute approximate surface area is 180 Å². The first-order valence-electron chi connectivity index (χ1n) is 9.58. The van der Waals surface area contributed by atoms with Gasteiger partial charge in [-0.25, -0.2) is 4.79 Å². The predicted octanol–water partition coefficient (Wildman–Crippen LogP) is 4.37.